The number of benzene rings is 1. The molecule has 0 aliphatic heterocycles. The van der Waals surface area contributed by atoms with Crippen molar-refractivity contribution in [3.05, 3.63) is 39.1 Å². The Hall–Kier alpha value is -0.710. The fraction of sp³-hybridized carbons (Fsp3) is 0.308. The first-order valence-corrected chi connectivity index (χ1v) is 7.11. The third-order valence-corrected chi connectivity index (χ3v) is 3.85. The lowest BCUT2D eigenvalue weighted by Crippen LogP contribution is -2.34. The normalized spacial score (nSPS) is 11.8. The van der Waals surface area contributed by atoms with Gasteiger partial charge >= 0.3 is 0 Å². The summed E-state index contributed by atoms with van der Waals surface area (Å²) in [6.07, 6.45) is 0.808. The van der Waals surface area contributed by atoms with Gasteiger partial charge in [-0.1, -0.05) is 34.1 Å². The van der Waals surface area contributed by atoms with E-state index in [1.165, 1.54) is 0 Å². The zero-order valence-electron chi connectivity index (χ0n) is 9.90. The molecule has 2 N–H and O–H groups in total. The third-order valence-electron chi connectivity index (χ3n) is 2.31. The second-order valence-electron chi connectivity index (χ2n) is 4.77. The van der Waals surface area contributed by atoms with Gasteiger partial charge in [0.15, 0.2) is 0 Å². The van der Waals surface area contributed by atoms with E-state index in [1.54, 1.807) is 11.3 Å². The molecule has 0 aliphatic rings. The van der Waals surface area contributed by atoms with Gasteiger partial charge in [-0.25, -0.2) is 4.98 Å². The summed E-state index contributed by atoms with van der Waals surface area (Å²) < 4.78 is 1.07. The molecule has 2 nitrogen and oxygen atoms in total. The van der Waals surface area contributed by atoms with Crippen molar-refractivity contribution in [2.45, 2.75) is 25.8 Å². The number of halogens is 1. The number of nitrogens with two attached hydrogens (primary N) is 1. The molecule has 2 aromatic rings. The van der Waals surface area contributed by atoms with Crippen molar-refractivity contribution in [3.8, 4) is 11.3 Å². The highest BCUT2D eigenvalue weighted by Gasteiger charge is 2.15. The molecule has 2 rings (SSSR count). The first kappa shape index (κ1) is 12.7. The second kappa shape index (κ2) is 4.88. The third kappa shape index (κ3) is 3.37. The lowest BCUT2D eigenvalue weighted by atomic mass is 10.0. The average molecular weight is 311 g/mol. The van der Waals surface area contributed by atoms with Crippen molar-refractivity contribution >= 4 is 27.3 Å². The second-order valence-corrected chi connectivity index (χ2v) is 6.57. The Balaban J connectivity index is 2.28. The van der Waals surface area contributed by atoms with E-state index in [0.29, 0.717) is 0 Å². The van der Waals surface area contributed by atoms with Gasteiger partial charge in [-0.2, -0.15) is 0 Å². The summed E-state index contributed by atoms with van der Waals surface area (Å²) in [6.45, 7) is 4.04. The molecule has 90 valence electrons. The molecule has 17 heavy (non-hydrogen) atoms. The van der Waals surface area contributed by atoms with Crippen LogP contribution in [-0.4, -0.2) is 10.5 Å². The summed E-state index contributed by atoms with van der Waals surface area (Å²) in [5.41, 5.74) is 7.94. The Morgan fingerprint density at radius 1 is 1.35 bits per heavy atom. The molecular weight excluding hydrogens is 296 g/mol. The van der Waals surface area contributed by atoms with Gasteiger partial charge in [0.2, 0.25) is 0 Å². The molecule has 1 aromatic heterocycles. The fourth-order valence-corrected chi connectivity index (χ4v) is 3.10. The van der Waals surface area contributed by atoms with Crippen LogP contribution in [0.2, 0.25) is 0 Å². The van der Waals surface area contributed by atoms with Gasteiger partial charge in [-0.05, 0) is 19.9 Å². The molecule has 0 fully saturated rings. The molecule has 1 heterocycles. The molecule has 0 saturated carbocycles. The van der Waals surface area contributed by atoms with E-state index in [2.05, 4.69) is 32.4 Å². The number of aromatic nitrogens is 1. The van der Waals surface area contributed by atoms with Gasteiger partial charge in [0, 0.05) is 27.4 Å². The van der Waals surface area contributed by atoms with Gasteiger partial charge in [-0.3, -0.25) is 0 Å². The summed E-state index contributed by atoms with van der Waals surface area (Å²) in [5, 5.41) is 3.17. The fourth-order valence-electron chi connectivity index (χ4n) is 1.57. The molecule has 0 amide bonds. The van der Waals surface area contributed by atoms with E-state index in [-0.39, 0.29) is 5.54 Å². The largest absolute Gasteiger partial charge is 0.325 e. The smallest absolute Gasteiger partial charge is 0.0950 e. The quantitative estimate of drug-likeness (QED) is 0.935. The minimum Gasteiger partial charge on any atom is -0.325 e. The van der Waals surface area contributed by atoms with Crippen molar-refractivity contribution in [3.63, 3.8) is 0 Å². The molecule has 0 bridgehead atoms. The Kier molecular flexibility index (Phi) is 3.66. The van der Waals surface area contributed by atoms with Crippen LogP contribution in [0.3, 0.4) is 0 Å². The highest BCUT2D eigenvalue weighted by molar-refractivity contribution is 9.10. The SMILES string of the molecule is CC(C)(N)Cc1nc(-c2ccccc2Br)cs1. The first-order chi connectivity index (χ1) is 7.96. The molecule has 0 spiro atoms. The van der Waals surface area contributed by atoms with Crippen LogP contribution in [0.15, 0.2) is 34.1 Å². The van der Waals surface area contributed by atoms with E-state index >= 15 is 0 Å². The zero-order chi connectivity index (χ0) is 12.5. The van der Waals surface area contributed by atoms with Gasteiger partial charge < -0.3 is 5.73 Å². The van der Waals surface area contributed by atoms with Gasteiger partial charge in [-0.15, -0.1) is 11.3 Å². The zero-order valence-corrected chi connectivity index (χ0v) is 12.3. The summed E-state index contributed by atoms with van der Waals surface area (Å²) in [5.74, 6) is 0. The van der Waals surface area contributed by atoms with Crippen LogP contribution in [0.5, 0.6) is 0 Å². The van der Waals surface area contributed by atoms with Crippen molar-refractivity contribution in [2.24, 2.45) is 5.73 Å². The number of hydrogen-bond donors (Lipinski definition) is 1. The Morgan fingerprint density at radius 2 is 2.06 bits per heavy atom. The van der Waals surface area contributed by atoms with Crippen molar-refractivity contribution in [1.29, 1.82) is 0 Å². The number of nitrogens with zero attached hydrogens (tertiary/aromatic N) is 1. The average Bonchev–Trinajstić information content (AvgIpc) is 2.64. The lowest BCUT2D eigenvalue weighted by Gasteiger charge is -2.15. The number of thiazole rings is 1. The van der Waals surface area contributed by atoms with Crippen LogP contribution >= 0.6 is 27.3 Å². The highest BCUT2D eigenvalue weighted by Crippen LogP contribution is 2.29. The number of hydrogen-bond acceptors (Lipinski definition) is 3. The summed E-state index contributed by atoms with van der Waals surface area (Å²) in [6, 6.07) is 8.12. The molecule has 0 saturated heterocycles. The topological polar surface area (TPSA) is 38.9 Å². The highest BCUT2D eigenvalue weighted by atomic mass is 79.9. The Bertz CT molecular complexity index is 514. The molecule has 0 aliphatic carbocycles. The molecule has 4 heteroatoms. The van der Waals surface area contributed by atoms with E-state index in [0.717, 1.165) is 27.2 Å². The first-order valence-electron chi connectivity index (χ1n) is 5.44. The maximum atomic E-state index is 6.00. The molecular formula is C13H15BrN2S. The van der Waals surface area contributed by atoms with Gasteiger partial charge in [0.05, 0.1) is 10.7 Å². The maximum absolute atomic E-state index is 6.00. The van der Waals surface area contributed by atoms with Crippen molar-refractivity contribution in [2.75, 3.05) is 0 Å². The summed E-state index contributed by atoms with van der Waals surface area (Å²) in [7, 11) is 0. The minimum absolute atomic E-state index is 0.205. The lowest BCUT2D eigenvalue weighted by molar-refractivity contribution is 0.515. The standard InChI is InChI=1S/C13H15BrN2S/c1-13(2,15)7-12-16-11(8-17-12)9-5-3-4-6-10(9)14/h3-6,8H,7,15H2,1-2H3. The van der Waals surface area contributed by atoms with Crippen LogP contribution < -0.4 is 5.73 Å². The van der Waals surface area contributed by atoms with E-state index in [9.17, 15) is 0 Å². The Morgan fingerprint density at radius 3 is 2.71 bits per heavy atom. The summed E-state index contributed by atoms with van der Waals surface area (Å²) >= 11 is 5.21. The van der Waals surface area contributed by atoms with Gasteiger partial charge in [0.25, 0.3) is 0 Å². The predicted octanol–water partition coefficient (Wildman–Crippen LogP) is 3.85. The minimum atomic E-state index is -0.205. The molecule has 1 aromatic carbocycles. The van der Waals surface area contributed by atoms with Gasteiger partial charge in [0.1, 0.15) is 0 Å². The maximum Gasteiger partial charge on any atom is 0.0950 e. The van der Waals surface area contributed by atoms with E-state index in [4.69, 9.17) is 5.73 Å². The summed E-state index contributed by atoms with van der Waals surface area (Å²) in [4.78, 5) is 4.64. The molecule has 0 radical (unpaired) electrons. The van der Waals surface area contributed by atoms with Crippen LogP contribution in [-0.2, 0) is 6.42 Å². The Labute approximate surface area is 114 Å². The van der Waals surface area contributed by atoms with Crippen LogP contribution in [0, 0.1) is 0 Å². The van der Waals surface area contributed by atoms with E-state index in [1.807, 2.05) is 32.0 Å². The predicted molar refractivity (Wildman–Crippen MR) is 77.2 cm³/mol. The number of rotatable bonds is 3. The van der Waals surface area contributed by atoms with Crippen molar-refractivity contribution < 1.29 is 0 Å². The monoisotopic (exact) mass is 310 g/mol. The van der Waals surface area contributed by atoms with E-state index < -0.39 is 0 Å². The van der Waals surface area contributed by atoms with Crippen LogP contribution in [0.25, 0.3) is 11.3 Å². The van der Waals surface area contributed by atoms with Crippen LogP contribution in [0.1, 0.15) is 18.9 Å². The molecule has 0 unspecified atom stereocenters. The van der Waals surface area contributed by atoms with Crippen LogP contribution in [0.4, 0.5) is 0 Å². The molecule has 0 atom stereocenters. The van der Waals surface area contributed by atoms with Crippen molar-refractivity contribution in [1.82, 2.24) is 4.98 Å².